The van der Waals surface area contributed by atoms with Crippen LogP contribution >= 0.6 is 20.2 Å². The van der Waals surface area contributed by atoms with Crippen molar-refractivity contribution in [2.24, 2.45) is 0 Å². The molecule has 46 valence electrons. The Kier molecular flexibility index (Phi) is 29.5. The van der Waals surface area contributed by atoms with Crippen LogP contribution in [0.1, 0.15) is 0 Å². The molecule has 3 N–H and O–H groups in total. The third-order valence-corrected chi connectivity index (χ3v) is 0. The zero-order valence-corrected chi connectivity index (χ0v) is 4.32. The molecule has 0 saturated carbocycles. The van der Waals surface area contributed by atoms with Gasteiger partial charge in [-0.05, 0) is 0 Å². The van der Waals surface area contributed by atoms with Gasteiger partial charge < -0.3 is 14.7 Å². The molecule has 0 saturated heterocycles. The Hall–Kier alpha value is 3.46. The van der Waals surface area contributed by atoms with Crippen LogP contribution in [0, 0.1) is 0 Å². The van der Waals surface area contributed by atoms with Gasteiger partial charge in [-0.3, -0.25) is 0 Å². The molecule has 0 aromatic heterocycles. The van der Waals surface area contributed by atoms with E-state index in [9.17, 15) is 0 Å². The average Bonchev–Trinajstić information content (AvgIpc) is 0.722. The molecule has 0 aliphatic carbocycles. The van der Waals surface area contributed by atoms with Gasteiger partial charge in [0.25, 0.3) is 0 Å². The van der Waals surface area contributed by atoms with Gasteiger partial charge in [0.2, 0.25) is 0 Å². The molecule has 0 fully saturated rings. The summed E-state index contributed by atoms with van der Waals surface area (Å²) in [6.07, 6.45) is 0. The summed E-state index contributed by atoms with van der Waals surface area (Å²) in [7, 11) is -4.64. The normalized spacial score (nSPS) is 7.38. The molecular weight excluding hydrogens is 256 g/mol. The molecule has 0 rings (SSSR count). The summed E-state index contributed by atoms with van der Waals surface area (Å²) in [6.45, 7) is 0. The van der Waals surface area contributed by atoms with Crippen molar-refractivity contribution in [3.8, 4) is 0 Å². The van der Waals surface area contributed by atoms with Crippen molar-refractivity contribution in [1.82, 2.24) is 0 Å². The van der Waals surface area contributed by atoms with Crippen molar-refractivity contribution in [3.63, 3.8) is 0 Å². The van der Waals surface area contributed by atoms with E-state index in [0.29, 0.717) is 0 Å². The maximum absolute atomic E-state index is 8.88. The van der Waals surface area contributed by atoms with Crippen LogP contribution in [0.4, 0.5) is 0 Å². The Balaban J connectivity index is -0.0000000267. The van der Waals surface area contributed by atoms with Crippen LogP contribution in [-0.2, 0) is 4.57 Å². The fraction of sp³-hybridized carbons (Fsp3) is 0. The molecule has 0 aromatic carbocycles. The molecule has 0 bridgehead atoms. The number of phosphoric acid groups is 1. The molecule has 0 spiro atoms. The summed E-state index contributed by atoms with van der Waals surface area (Å²) < 4.78 is 8.88. The van der Waals surface area contributed by atoms with Crippen molar-refractivity contribution in [2.45, 2.75) is 0 Å². The monoisotopic (exact) mass is 262 g/mol. The van der Waals surface area contributed by atoms with Crippen LogP contribution in [0.15, 0.2) is 0 Å². The van der Waals surface area contributed by atoms with E-state index >= 15 is 0 Å². The van der Waals surface area contributed by atoms with Crippen molar-refractivity contribution >= 4 is 116 Å². The summed E-state index contributed by atoms with van der Waals surface area (Å²) in [5, 5.41) is 0. The van der Waals surface area contributed by atoms with Gasteiger partial charge in [0.1, 0.15) is 0 Å². The van der Waals surface area contributed by atoms with Crippen LogP contribution < -0.4 is 0 Å². The second-order valence-electron chi connectivity index (χ2n) is 0.513. The molecule has 0 aliphatic rings. The van der Waals surface area contributed by atoms with Gasteiger partial charge in [-0.15, -0.1) is 12.4 Å². The number of hydrogen-bond acceptors (Lipinski definition) is 1. The van der Waals surface area contributed by atoms with E-state index < -0.39 is 7.82 Å². The Morgan fingerprint density at radius 2 is 1.12 bits per heavy atom. The van der Waals surface area contributed by atoms with E-state index in [1.54, 1.807) is 0 Å². The topological polar surface area (TPSA) is 77.8 Å². The second kappa shape index (κ2) is 10.5. The molecule has 0 unspecified atom stereocenters. The minimum absolute atomic E-state index is 0. The van der Waals surface area contributed by atoms with E-state index in [1.165, 1.54) is 0 Å². The predicted octanol–water partition coefficient (Wildman–Crippen LogP) is -2.07. The zero-order chi connectivity index (χ0) is 4.50. The fourth-order valence-corrected chi connectivity index (χ4v) is 0. The summed E-state index contributed by atoms with van der Waals surface area (Å²) in [5.41, 5.74) is 0. The van der Waals surface area contributed by atoms with Crippen molar-refractivity contribution < 1.29 is 19.2 Å². The first-order chi connectivity index (χ1) is 2.00. The molecule has 0 heterocycles. The van der Waals surface area contributed by atoms with Crippen LogP contribution in [0.3, 0.4) is 0 Å². The van der Waals surface area contributed by atoms with Gasteiger partial charge in [0, 0.05) is 0 Å². The Bertz CT molecular complexity index is 62.2. The second-order valence-corrected chi connectivity index (χ2v) is 1.54. The van der Waals surface area contributed by atoms with E-state index in [2.05, 4.69) is 0 Å². The zero-order valence-electron chi connectivity index (χ0n) is 2.61. The first-order valence-corrected chi connectivity index (χ1v) is 2.35. The van der Waals surface area contributed by atoms with Gasteiger partial charge in [-0.1, -0.05) is 0 Å². The average molecular weight is 263 g/mol. The van der Waals surface area contributed by atoms with E-state index in [4.69, 9.17) is 19.2 Å². The summed E-state index contributed by atoms with van der Waals surface area (Å²) in [5.74, 6) is 0. The maximum atomic E-state index is 8.88. The summed E-state index contributed by atoms with van der Waals surface area (Å²) in [6, 6.07) is 0. The van der Waals surface area contributed by atoms with Crippen molar-refractivity contribution in [1.29, 1.82) is 0 Å². The molecule has 0 atom stereocenters. The van der Waals surface area contributed by atoms with Gasteiger partial charge in [-0.2, -0.15) is 0 Å². The number of halogens is 1. The number of hydrogen-bond donors (Lipinski definition) is 3. The van der Waals surface area contributed by atoms with Crippen LogP contribution in [-0.4, -0.2) is 111 Å². The third-order valence-electron chi connectivity index (χ3n) is 0. The molecule has 8 heteroatoms. The van der Waals surface area contributed by atoms with Crippen LogP contribution in [0.5, 0.6) is 0 Å². The third kappa shape index (κ3) is 56.5. The quantitative estimate of drug-likeness (QED) is 0.346. The molecular formula is H7CaClO4PRb. The standard InChI is InChI=1S/Ca.ClH.H3O4P.Rb.3H/c;;1-5(2,3)4;;;;/h;1H;(H3,1,2,3,4);;;;. The van der Waals surface area contributed by atoms with E-state index in [0.717, 1.165) is 0 Å². The number of rotatable bonds is 0. The molecule has 0 radical (unpaired) electrons. The SMILES string of the molecule is Cl.O=P(O)(O)O.[CaH2].[RbH]. The Morgan fingerprint density at radius 3 is 1.12 bits per heavy atom. The van der Waals surface area contributed by atoms with Crippen LogP contribution in [0.25, 0.3) is 0 Å². The van der Waals surface area contributed by atoms with E-state index in [-0.39, 0.29) is 108 Å². The minimum atomic E-state index is -4.64. The first kappa shape index (κ1) is 22.5. The Labute approximate surface area is 132 Å². The van der Waals surface area contributed by atoms with Crippen molar-refractivity contribution in [3.05, 3.63) is 0 Å². The van der Waals surface area contributed by atoms with E-state index in [1.807, 2.05) is 0 Å². The van der Waals surface area contributed by atoms with Crippen molar-refractivity contribution in [2.75, 3.05) is 0 Å². The van der Waals surface area contributed by atoms with Crippen LogP contribution in [0.2, 0.25) is 0 Å². The fourth-order valence-electron chi connectivity index (χ4n) is 0. The molecule has 8 heavy (non-hydrogen) atoms. The predicted molar refractivity (Wildman–Crippen MR) is 37.2 cm³/mol. The summed E-state index contributed by atoms with van der Waals surface area (Å²) in [4.78, 5) is 21.6. The molecule has 0 amide bonds. The van der Waals surface area contributed by atoms with Gasteiger partial charge in [0.15, 0.2) is 0 Å². The molecule has 0 aliphatic heterocycles. The Morgan fingerprint density at radius 1 is 1.12 bits per heavy atom. The van der Waals surface area contributed by atoms with Gasteiger partial charge >= 0.3 is 104 Å². The van der Waals surface area contributed by atoms with Gasteiger partial charge in [0.05, 0.1) is 0 Å². The summed E-state index contributed by atoms with van der Waals surface area (Å²) >= 11 is 0. The molecule has 0 aromatic rings. The first-order valence-electron chi connectivity index (χ1n) is 0.783. The van der Waals surface area contributed by atoms with Gasteiger partial charge in [-0.25, -0.2) is 4.57 Å². The molecule has 4 nitrogen and oxygen atoms in total.